The molecule has 1 unspecified atom stereocenters. The molecule has 4 heteroatoms. The van der Waals surface area contributed by atoms with Crippen LogP contribution in [-0.2, 0) is 4.79 Å². The van der Waals surface area contributed by atoms with Gasteiger partial charge in [-0.25, -0.2) is 0 Å². The lowest BCUT2D eigenvalue weighted by molar-refractivity contribution is -0.127. The molecule has 0 fully saturated rings. The maximum atomic E-state index is 11.7. The molecular formula is C13H19NO3. The largest absolute Gasteiger partial charge is 0.493 e. The van der Waals surface area contributed by atoms with E-state index in [1.807, 2.05) is 26.0 Å². The SMILES string of the molecule is COc1ccccc1OC(C)C(=O)NC(C)C. The first-order valence-electron chi connectivity index (χ1n) is 5.64. The summed E-state index contributed by atoms with van der Waals surface area (Å²) in [6, 6.07) is 7.36. The Morgan fingerprint density at radius 2 is 1.76 bits per heavy atom. The van der Waals surface area contributed by atoms with E-state index >= 15 is 0 Å². The molecule has 1 rings (SSSR count). The summed E-state index contributed by atoms with van der Waals surface area (Å²) in [5, 5.41) is 2.80. The third-order valence-electron chi connectivity index (χ3n) is 2.17. The van der Waals surface area contributed by atoms with Gasteiger partial charge in [-0.3, -0.25) is 4.79 Å². The molecule has 0 saturated heterocycles. The maximum Gasteiger partial charge on any atom is 0.260 e. The van der Waals surface area contributed by atoms with Gasteiger partial charge in [0.05, 0.1) is 7.11 Å². The minimum absolute atomic E-state index is 0.103. The van der Waals surface area contributed by atoms with Gasteiger partial charge < -0.3 is 14.8 Å². The highest BCUT2D eigenvalue weighted by atomic mass is 16.5. The van der Waals surface area contributed by atoms with Crippen molar-refractivity contribution in [2.45, 2.75) is 32.9 Å². The van der Waals surface area contributed by atoms with Crippen molar-refractivity contribution in [1.82, 2.24) is 5.32 Å². The molecule has 1 N–H and O–H groups in total. The Morgan fingerprint density at radius 1 is 1.18 bits per heavy atom. The van der Waals surface area contributed by atoms with Gasteiger partial charge in [-0.1, -0.05) is 12.1 Å². The predicted molar refractivity (Wildman–Crippen MR) is 66.4 cm³/mol. The molecule has 1 amide bonds. The van der Waals surface area contributed by atoms with Crippen molar-refractivity contribution in [3.8, 4) is 11.5 Å². The summed E-state index contributed by atoms with van der Waals surface area (Å²) in [6.45, 7) is 5.53. The summed E-state index contributed by atoms with van der Waals surface area (Å²) in [4.78, 5) is 11.7. The van der Waals surface area contributed by atoms with E-state index in [1.165, 1.54) is 0 Å². The molecule has 0 aliphatic heterocycles. The standard InChI is InChI=1S/C13H19NO3/c1-9(2)14-13(15)10(3)17-12-8-6-5-7-11(12)16-4/h5-10H,1-4H3,(H,14,15). The highest BCUT2D eigenvalue weighted by Gasteiger charge is 2.16. The number of nitrogens with one attached hydrogen (secondary N) is 1. The zero-order valence-corrected chi connectivity index (χ0v) is 10.7. The highest BCUT2D eigenvalue weighted by Crippen LogP contribution is 2.26. The Bertz CT molecular complexity index is 377. The number of hydrogen-bond donors (Lipinski definition) is 1. The topological polar surface area (TPSA) is 47.6 Å². The van der Waals surface area contributed by atoms with Crippen molar-refractivity contribution in [2.75, 3.05) is 7.11 Å². The summed E-state index contributed by atoms with van der Waals surface area (Å²) >= 11 is 0. The fourth-order valence-electron chi connectivity index (χ4n) is 1.36. The number of rotatable bonds is 5. The van der Waals surface area contributed by atoms with E-state index in [0.29, 0.717) is 11.5 Å². The number of carbonyl (C=O) groups excluding carboxylic acids is 1. The highest BCUT2D eigenvalue weighted by molar-refractivity contribution is 5.81. The number of para-hydroxylation sites is 2. The Balaban J connectivity index is 2.67. The summed E-state index contributed by atoms with van der Waals surface area (Å²) in [5.41, 5.74) is 0. The van der Waals surface area contributed by atoms with Crippen molar-refractivity contribution < 1.29 is 14.3 Å². The lowest BCUT2D eigenvalue weighted by Crippen LogP contribution is -2.40. The van der Waals surface area contributed by atoms with Gasteiger partial charge in [0.25, 0.3) is 5.91 Å². The molecule has 1 atom stereocenters. The zero-order valence-electron chi connectivity index (χ0n) is 10.7. The molecule has 0 radical (unpaired) electrons. The van der Waals surface area contributed by atoms with Crippen LogP contribution in [0.4, 0.5) is 0 Å². The van der Waals surface area contributed by atoms with Crippen LogP contribution >= 0.6 is 0 Å². The van der Waals surface area contributed by atoms with Crippen LogP contribution in [0.2, 0.25) is 0 Å². The smallest absolute Gasteiger partial charge is 0.260 e. The summed E-state index contributed by atoms with van der Waals surface area (Å²) in [6.07, 6.45) is -0.548. The van der Waals surface area contributed by atoms with Crippen LogP contribution in [0.15, 0.2) is 24.3 Å². The molecule has 1 aromatic rings. The predicted octanol–water partition coefficient (Wildman–Crippen LogP) is 1.99. The van der Waals surface area contributed by atoms with E-state index in [1.54, 1.807) is 26.2 Å². The van der Waals surface area contributed by atoms with E-state index in [-0.39, 0.29) is 11.9 Å². The average Bonchev–Trinajstić information content (AvgIpc) is 2.28. The van der Waals surface area contributed by atoms with Gasteiger partial charge in [0.15, 0.2) is 17.6 Å². The molecule has 0 spiro atoms. The molecule has 0 saturated carbocycles. The number of ether oxygens (including phenoxy) is 2. The molecule has 0 aromatic heterocycles. The van der Waals surface area contributed by atoms with E-state index in [9.17, 15) is 4.79 Å². The first kappa shape index (κ1) is 13.4. The second-order valence-corrected chi connectivity index (χ2v) is 4.07. The summed E-state index contributed by atoms with van der Waals surface area (Å²) < 4.78 is 10.7. The zero-order chi connectivity index (χ0) is 12.8. The second-order valence-electron chi connectivity index (χ2n) is 4.07. The molecule has 4 nitrogen and oxygen atoms in total. The summed E-state index contributed by atoms with van der Waals surface area (Å²) in [5.74, 6) is 1.06. The average molecular weight is 237 g/mol. The number of carbonyl (C=O) groups is 1. The van der Waals surface area contributed by atoms with Crippen LogP contribution in [0.1, 0.15) is 20.8 Å². The van der Waals surface area contributed by atoms with E-state index in [2.05, 4.69) is 5.32 Å². The summed E-state index contributed by atoms with van der Waals surface area (Å²) in [7, 11) is 1.57. The van der Waals surface area contributed by atoms with Crippen molar-refractivity contribution in [1.29, 1.82) is 0 Å². The van der Waals surface area contributed by atoms with Crippen molar-refractivity contribution in [2.24, 2.45) is 0 Å². The lowest BCUT2D eigenvalue weighted by Gasteiger charge is -2.17. The first-order chi connectivity index (χ1) is 8.04. The third-order valence-corrected chi connectivity index (χ3v) is 2.17. The molecule has 0 bridgehead atoms. The van der Waals surface area contributed by atoms with E-state index in [0.717, 1.165) is 0 Å². The van der Waals surface area contributed by atoms with Crippen LogP contribution in [-0.4, -0.2) is 25.2 Å². The third kappa shape index (κ3) is 3.98. The van der Waals surface area contributed by atoms with Crippen molar-refractivity contribution in [3.05, 3.63) is 24.3 Å². The van der Waals surface area contributed by atoms with Gasteiger partial charge in [0.2, 0.25) is 0 Å². The van der Waals surface area contributed by atoms with Gasteiger partial charge >= 0.3 is 0 Å². The van der Waals surface area contributed by atoms with Crippen LogP contribution in [0.5, 0.6) is 11.5 Å². The van der Waals surface area contributed by atoms with Crippen LogP contribution in [0.25, 0.3) is 0 Å². The van der Waals surface area contributed by atoms with Gasteiger partial charge in [-0.05, 0) is 32.9 Å². The molecule has 0 heterocycles. The normalized spacial score (nSPS) is 12.1. The van der Waals surface area contributed by atoms with Gasteiger partial charge in [-0.15, -0.1) is 0 Å². The molecule has 0 aliphatic rings. The number of methoxy groups -OCH3 is 1. The minimum Gasteiger partial charge on any atom is -0.493 e. The van der Waals surface area contributed by atoms with Crippen LogP contribution in [0, 0.1) is 0 Å². The monoisotopic (exact) mass is 237 g/mol. The second kappa shape index (κ2) is 6.13. The van der Waals surface area contributed by atoms with Crippen molar-refractivity contribution in [3.63, 3.8) is 0 Å². The van der Waals surface area contributed by atoms with Gasteiger partial charge in [0, 0.05) is 6.04 Å². The van der Waals surface area contributed by atoms with E-state index < -0.39 is 6.10 Å². The van der Waals surface area contributed by atoms with E-state index in [4.69, 9.17) is 9.47 Å². The Kier molecular flexibility index (Phi) is 4.82. The molecule has 0 aliphatic carbocycles. The van der Waals surface area contributed by atoms with Gasteiger partial charge in [-0.2, -0.15) is 0 Å². The lowest BCUT2D eigenvalue weighted by atomic mass is 10.3. The van der Waals surface area contributed by atoms with Crippen LogP contribution in [0.3, 0.4) is 0 Å². The fourth-order valence-corrected chi connectivity index (χ4v) is 1.36. The van der Waals surface area contributed by atoms with Gasteiger partial charge in [0.1, 0.15) is 0 Å². The molecular weight excluding hydrogens is 218 g/mol. The number of hydrogen-bond acceptors (Lipinski definition) is 3. The Morgan fingerprint density at radius 3 is 2.29 bits per heavy atom. The fraction of sp³-hybridized carbons (Fsp3) is 0.462. The maximum absolute atomic E-state index is 11.7. The quantitative estimate of drug-likeness (QED) is 0.852. The Labute approximate surface area is 102 Å². The number of benzene rings is 1. The molecule has 94 valence electrons. The molecule has 1 aromatic carbocycles. The minimum atomic E-state index is -0.548. The number of amides is 1. The van der Waals surface area contributed by atoms with Crippen molar-refractivity contribution >= 4 is 5.91 Å². The first-order valence-corrected chi connectivity index (χ1v) is 5.64. The molecule has 17 heavy (non-hydrogen) atoms. The van der Waals surface area contributed by atoms with Crippen LogP contribution < -0.4 is 14.8 Å². The Hall–Kier alpha value is -1.71.